The third kappa shape index (κ3) is 4.14. The van der Waals surface area contributed by atoms with Crippen LogP contribution >= 0.6 is 0 Å². The van der Waals surface area contributed by atoms with E-state index in [4.69, 9.17) is 4.74 Å². The topological polar surface area (TPSA) is 75.7 Å². The van der Waals surface area contributed by atoms with Gasteiger partial charge in [-0.05, 0) is 29.3 Å². The molecule has 144 valence electrons. The normalized spacial score (nSPS) is 16.0. The number of rotatable bonds is 7. The summed E-state index contributed by atoms with van der Waals surface area (Å²) in [6, 6.07) is 14.2. The van der Waals surface area contributed by atoms with E-state index in [0.29, 0.717) is 26.1 Å². The molecule has 1 aliphatic rings. The number of hydrogen-bond acceptors (Lipinski definition) is 4. The summed E-state index contributed by atoms with van der Waals surface area (Å²) in [5, 5.41) is 2.86. The van der Waals surface area contributed by atoms with Gasteiger partial charge < -0.3 is 10.1 Å². The highest BCUT2D eigenvalue weighted by Gasteiger charge is 2.28. The van der Waals surface area contributed by atoms with Gasteiger partial charge in [-0.15, -0.1) is 0 Å². The van der Waals surface area contributed by atoms with Crippen molar-refractivity contribution < 1.29 is 17.9 Å². The molecule has 1 N–H and O–H groups in total. The monoisotopic (exact) mass is 388 g/mol. The first-order chi connectivity index (χ1) is 13.0. The van der Waals surface area contributed by atoms with Crippen LogP contribution in [0.1, 0.15) is 25.0 Å². The first-order valence-corrected chi connectivity index (χ1v) is 10.5. The van der Waals surface area contributed by atoms with Gasteiger partial charge in [0.1, 0.15) is 5.75 Å². The van der Waals surface area contributed by atoms with Gasteiger partial charge in [0.05, 0.1) is 4.90 Å². The number of fused-ring (bicyclic) bond motifs is 1. The fourth-order valence-corrected chi connectivity index (χ4v) is 4.58. The van der Waals surface area contributed by atoms with Gasteiger partial charge in [-0.2, -0.15) is 4.31 Å². The van der Waals surface area contributed by atoms with E-state index in [2.05, 4.69) is 5.32 Å². The Kier molecular flexibility index (Phi) is 5.82. The smallest absolute Gasteiger partial charge is 0.261 e. The number of ether oxygens (including phenoxy) is 1. The number of nitrogens with one attached hydrogen (secondary N) is 1. The standard InChI is InChI=1S/C20H24N2O4S/c1-3-22(4-2)27(24,25)17-11-9-15(10-12-17)14-21-20(23)19-13-16-7-5-6-8-18(16)26-19/h5-12,19H,3-4,13-14H2,1-2H3,(H,21,23)/t19-/m1/s1. The second-order valence-corrected chi connectivity index (χ2v) is 8.31. The molecule has 1 amide bonds. The maximum atomic E-state index is 12.5. The van der Waals surface area contributed by atoms with Crippen LogP contribution < -0.4 is 10.1 Å². The van der Waals surface area contributed by atoms with Crippen molar-refractivity contribution in [1.82, 2.24) is 9.62 Å². The predicted octanol–water partition coefficient (Wildman–Crippen LogP) is 2.34. The lowest BCUT2D eigenvalue weighted by molar-refractivity contribution is -0.127. The lowest BCUT2D eigenvalue weighted by Gasteiger charge is -2.18. The van der Waals surface area contributed by atoms with Crippen molar-refractivity contribution >= 4 is 15.9 Å². The zero-order valence-corrected chi connectivity index (χ0v) is 16.3. The van der Waals surface area contributed by atoms with Crippen LogP contribution in [0.2, 0.25) is 0 Å². The Hall–Kier alpha value is -2.38. The third-order valence-electron chi connectivity index (χ3n) is 4.67. The highest BCUT2D eigenvalue weighted by Crippen LogP contribution is 2.28. The Balaban J connectivity index is 1.59. The molecule has 1 heterocycles. The number of para-hydroxylation sites is 1. The maximum Gasteiger partial charge on any atom is 0.261 e. The van der Waals surface area contributed by atoms with Gasteiger partial charge in [0, 0.05) is 26.1 Å². The molecule has 2 aromatic carbocycles. The molecule has 0 radical (unpaired) electrons. The van der Waals surface area contributed by atoms with Gasteiger partial charge in [0.25, 0.3) is 5.91 Å². The summed E-state index contributed by atoms with van der Waals surface area (Å²) in [4.78, 5) is 12.6. The van der Waals surface area contributed by atoms with Crippen LogP contribution in [0.3, 0.4) is 0 Å². The van der Waals surface area contributed by atoms with Crippen LogP contribution in [0.15, 0.2) is 53.4 Å². The zero-order valence-electron chi connectivity index (χ0n) is 15.5. The number of carbonyl (C=O) groups excluding carboxylic acids is 1. The molecule has 0 bridgehead atoms. The summed E-state index contributed by atoms with van der Waals surface area (Å²) in [5.74, 6) is 0.578. The molecule has 0 aromatic heterocycles. The summed E-state index contributed by atoms with van der Waals surface area (Å²) >= 11 is 0. The van der Waals surface area contributed by atoms with E-state index in [1.54, 1.807) is 24.3 Å². The van der Waals surface area contributed by atoms with Crippen LogP contribution in [0.4, 0.5) is 0 Å². The first-order valence-electron chi connectivity index (χ1n) is 9.07. The number of carbonyl (C=O) groups is 1. The fraction of sp³-hybridized carbons (Fsp3) is 0.350. The summed E-state index contributed by atoms with van der Waals surface area (Å²) in [5.41, 5.74) is 1.86. The van der Waals surface area contributed by atoms with Gasteiger partial charge in [0.2, 0.25) is 10.0 Å². The number of sulfonamides is 1. The van der Waals surface area contributed by atoms with Gasteiger partial charge >= 0.3 is 0 Å². The van der Waals surface area contributed by atoms with Gasteiger partial charge in [0.15, 0.2) is 6.10 Å². The van der Waals surface area contributed by atoms with Crippen LogP contribution in [-0.4, -0.2) is 37.8 Å². The lowest BCUT2D eigenvalue weighted by Crippen LogP contribution is -2.37. The molecule has 7 heteroatoms. The number of benzene rings is 2. The molecular formula is C20H24N2O4S. The Labute approximate surface area is 160 Å². The van der Waals surface area contributed by atoms with E-state index in [-0.39, 0.29) is 10.8 Å². The van der Waals surface area contributed by atoms with E-state index < -0.39 is 16.1 Å². The van der Waals surface area contributed by atoms with Crippen molar-refractivity contribution in [3.8, 4) is 5.75 Å². The lowest BCUT2D eigenvalue weighted by atomic mass is 10.1. The Bertz CT molecular complexity index is 881. The molecule has 6 nitrogen and oxygen atoms in total. The van der Waals surface area contributed by atoms with Crippen LogP contribution in [0.25, 0.3) is 0 Å². The van der Waals surface area contributed by atoms with E-state index in [9.17, 15) is 13.2 Å². The van der Waals surface area contributed by atoms with Crippen molar-refractivity contribution in [3.63, 3.8) is 0 Å². The minimum Gasteiger partial charge on any atom is -0.480 e. The van der Waals surface area contributed by atoms with E-state index >= 15 is 0 Å². The molecule has 27 heavy (non-hydrogen) atoms. The Morgan fingerprint density at radius 1 is 1.11 bits per heavy atom. The van der Waals surface area contributed by atoms with E-state index in [0.717, 1.165) is 16.9 Å². The Morgan fingerprint density at radius 2 is 1.78 bits per heavy atom. The Morgan fingerprint density at radius 3 is 2.41 bits per heavy atom. The van der Waals surface area contributed by atoms with Crippen molar-refractivity contribution in [3.05, 3.63) is 59.7 Å². The molecule has 3 rings (SSSR count). The molecule has 0 aliphatic carbocycles. The molecule has 0 saturated carbocycles. The largest absolute Gasteiger partial charge is 0.480 e. The van der Waals surface area contributed by atoms with Crippen LogP contribution in [0, 0.1) is 0 Å². The third-order valence-corrected chi connectivity index (χ3v) is 6.74. The minimum absolute atomic E-state index is 0.175. The predicted molar refractivity (Wildman–Crippen MR) is 103 cm³/mol. The summed E-state index contributed by atoms with van der Waals surface area (Å²) < 4.78 is 32.1. The molecule has 1 atom stereocenters. The average Bonchev–Trinajstić information content (AvgIpc) is 3.11. The van der Waals surface area contributed by atoms with Crippen LogP contribution in [0.5, 0.6) is 5.75 Å². The van der Waals surface area contributed by atoms with Gasteiger partial charge in [-0.3, -0.25) is 4.79 Å². The fourth-order valence-electron chi connectivity index (χ4n) is 3.12. The minimum atomic E-state index is -3.47. The molecule has 0 saturated heterocycles. The maximum absolute atomic E-state index is 12.5. The molecule has 0 fully saturated rings. The molecule has 1 aliphatic heterocycles. The molecule has 2 aromatic rings. The molecular weight excluding hydrogens is 364 g/mol. The number of amides is 1. The second kappa shape index (κ2) is 8.10. The van der Waals surface area contributed by atoms with Gasteiger partial charge in [-0.25, -0.2) is 8.42 Å². The van der Waals surface area contributed by atoms with Crippen molar-refractivity contribution in [2.75, 3.05) is 13.1 Å². The van der Waals surface area contributed by atoms with E-state index in [1.807, 2.05) is 38.1 Å². The number of nitrogens with zero attached hydrogens (tertiary/aromatic N) is 1. The molecule has 0 unspecified atom stereocenters. The highest BCUT2D eigenvalue weighted by molar-refractivity contribution is 7.89. The summed E-state index contributed by atoms with van der Waals surface area (Å²) in [6.07, 6.45) is 0.0352. The SMILES string of the molecule is CCN(CC)S(=O)(=O)c1ccc(CNC(=O)[C@H]2Cc3ccccc3O2)cc1. The summed E-state index contributed by atoms with van der Waals surface area (Å²) in [7, 11) is -3.47. The quantitative estimate of drug-likeness (QED) is 0.790. The van der Waals surface area contributed by atoms with Crippen molar-refractivity contribution in [1.29, 1.82) is 0 Å². The van der Waals surface area contributed by atoms with Crippen molar-refractivity contribution in [2.24, 2.45) is 0 Å². The van der Waals surface area contributed by atoms with E-state index in [1.165, 1.54) is 4.31 Å². The zero-order chi connectivity index (χ0) is 19.4. The van der Waals surface area contributed by atoms with Crippen molar-refractivity contribution in [2.45, 2.75) is 37.8 Å². The highest BCUT2D eigenvalue weighted by atomic mass is 32.2. The second-order valence-electron chi connectivity index (χ2n) is 6.37. The summed E-state index contributed by atoms with van der Waals surface area (Å²) in [6.45, 7) is 4.81. The van der Waals surface area contributed by atoms with Gasteiger partial charge in [-0.1, -0.05) is 44.2 Å². The number of hydrogen-bond donors (Lipinski definition) is 1. The van der Waals surface area contributed by atoms with Crippen LogP contribution in [-0.2, 0) is 27.8 Å². The average molecular weight is 388 g/mol. The molecule has 0 spiro atoms. The first kappa shape index (κ1) is 19.4.